The van der Waals surface area contributed by atoms with Crippen molar-refractivity contribution in [2.24, 2.45) is 0 Å². The number of anilines is 1. The van der Waals surface area contributed by atoms with Gasteiger partial charge in [-0.15, -0.1) is 0 Å². The van der Waals surface area contributed by atoms with Crippen LogP contribution in [0.15, 0.2) is 35.1 Å². The summed E-state index contributed by atoms with van der Waals surface area (Å²) in [5.74, 6) is 1.64. The van der Waals surface area contributed by atoms with E-state index >= 15 is 0 Å². The van der Waals surface area contributed by atoms with Crippen LogP contribution >= 0.6 is 15.9 Å². The van der Waals surface area contributed by atoms with Gasteiger partial charge in [-0.1, -0.05) is 6.07 Å². The van der Waals surface area contributed by atoms with Crippen LogP contribution in [0.1, 0.15) is 24.1 Å². The van der Waals surface area contributed by atoms with Crippen molar-refractivity contribution in [1.29, 1.82) is 0 Å². The lowest BCUT2D eigenvalue weighted by Crippen LogP contribution is -2.16. The summed E-state index contributed by atoms with van der Waals surface area (Å²) in [5.41, 5.74) is 3.26. The van der Waals surface area contributed by atoms with E-state index in [0.717, 1.165) is 32.9 Å². The number of nitrogens with one attached hydrogen (secondary N) is 1. The second-order valence-electron chi connectivity index (χ2n) is 5.10. The lowest BCUT2D eigenvalue weighted by molar-refractivity contribution is 0.171. The van der Waals surface area contributed by atoms with Gasteiger partial charge in [0.2, 0.25) is 0 Å². The molecule has 5 heteroatoms. The zero-order valence-corrected chi connectivity index (χ0v) is 13.6. The fourth-order valence-electron chi connectivity index (χ4n) is 2.30. The molecule has 0 fully saturated rings. The van der Waals surface area contributed by atoms with Crippen molar-refractivity contribution in [3.8, 4) is 11.5 Å². The summed E-state index contributed by atoms with van der Waals surface area (Å²) in [6.45, 7) is 5.36. The molecule has 2 heterocycles. The van der Waals surface area contributed by atoms with Crippen molar-refractivity contribution in [3.63, 3.8) is 0 Å². The number of fused-ring (bicyclic) bond motifs is 1. The van der Waals surface area contributed by atoms with Crippen LogP contribution in [0, 0.1) is 6.92 Å². The lowest BCUT2D eigenvalue weighted by atomic mass is 10.1. The van der Waals surface area contributed by atoms with E-state index in [0.29, 0.717) is 13.2 Å². The van der Waals surface area contributed by atoms with Gasteiger partial charge < -0.3 is 14.8 Å². The van der Waals surface area contributed by atoms with Crippen LogP contribution < -0.4 is 14.8 Å². The van der Waals surface area contributed by atoms with E-state index in [2.05, 4.69) is 45.3 Å². The first-order valence-electron chi connectivity index (χ1n) is 6.92. The third-order valence-electron chi connectivity index (χ3n) is 3.46. The molecule has 0 saturated heterocycles. The topological polar surface area (TPSA) is 43.4 Å². The summed E-state index contributed by atoms with van der Waals surface area (Å²) >= 11 is 3.41. The molecule has 0 spiro atoms. The van der Waals surface area contributed by atoms with Gasteiger partial charge in [-0.2, -0.15) is 0 Å². The molecule has 3 rings (SSSR count). The van der Waals surface area contributed by atoms with Crippen molar-refractivity contribution >= 4 is 21.6 Å². The number of halogens is 1. The van der Waals surface area contributed by atoms with Crippen LogP contribution in [0.5, 0.6) is 11.5 Å². The second-order valence-corrected chi connectivity index (χ2v) is 5.85. The van der Waals surface area contributed by atoms with Gasteiger partial charge in [0.25, 0.3) is 0 Å². The van der Waals surface area contributed by atoms with Crippen molar-refractivity contribution in [2.45, 2.75) is 19.9 Å². The highest BCUT2D eigenvalue weighted by molar-refractivity contribution is 9.10. The molecule has 1 aromatic heterocycles. The summed E-state index contributed by atoms with van der Waals surface area (Å²) in [6, 6.07) is 8.29. The second kappa shape index (κ2) is 5.93. The highest BCUT2D eigenvalue weighted by Crippen LogP contribution is 2.33. The van der Waals surface area contributed by atoms with Crippen molar-refractivity contribution in [3.05, 3.63) is 46.2 Å². The highest BCUT2D eigenvalue weighted by atomic mass is 79.9. The molecule has 0 amide bonds. The van der Waals surface area contributed by atoms with Crippen LogP contribution in [-0.4, -0.2) is 18.2 Å². The van der Waals surface area contributed by atoms with E-state index in [1.165, 1.54) is 0 Å². The number of ether oxygens (including phenoxy) is 2. The van der Waals surface area contributed by atoms with Gasteiger partial charge in [-0.05, 0) is 59.1 Å². The Bertz CT molecular complexity index is 661. The summed E-state index contributed by atoms with van der Waals surface area (Å²) < 4.78 is 12.0. The number of hydrogen-bond acceptors (Lipinski definition) is 4. The molecule has 1 aliphatic rings. The van der Waals surface area contributed by atoms with Crippen LogP contribution in [0.4, 0.5) is 5.69 Å². The summed E-state index contributed by atoms with van der Waals surface area (Å²) in [6.07, 6.45) is 1.83. The Morgan fingerprint density at radius 1 is 1.19 bits per heavy atom. The number of pyridine rings is 1. The quantitative estimate of drug-likeness (QED) is 0.848. The van der Waals surface area contributed by atoms with Crippen molar-refractivity contribution in [2.75, 3.05) is 18.5 Å². The molecule has 1 unspecified atom stereocenters. The molecule has 1 aliphatic heterocycles. The van der Waals surface area contributed by atoms with E-state index in [1.54, 1.807) is 0 Å². The molecule has 4 nitrogen and oxygen atoms in total. The molecule has 2 aromatic rings. The minimum absolute atomic E-state index is 0.156. The Hall–Kier alpha value is -1.75. The van der Waals surface area contributed by atoms with E-state index in [1.807, 2.05) is 25.3 Å². The van der Waals surface area contributed by atoms with Gasteiger partial charge in [0, 0.05) is 6.04 Å². The zero-order chi connectivity index (χ0) is 14.8. The van der Waals surface area contributed by atoms with Gasteiger partial charge in [0.1, 0.15) is 17.8 Å². The molecular formula is C16H17BrN2O2. The normalized spacial score (nSPS) is 14.6. The monoisotopic (exact) mass is 348 g/mol. The van der Waals surface area contributed by atoms with Gasteiger partial charge in [-0.25, -0.2) is 4.98 Å². The smallest absolute Gasteiger partial charge is 0.161 e. The number of benzene rings is 1. The Morgan fingerprint density at radius 2 is 1.95 bits per heavy atom. The Labute approximate surface area is 132 Å². The van der Waals surface area contributed by atoms with Crippen molar-refractivity contribution in [1.82, 2.24) is 4.98 Å². The molecule has 110 valence electrons. The van der Waals surface area contributed by atoms with Crippen LogP contribution in [0.2, 0.25) is 0 Å². The molecular weight excluding hydrogens is 332 g/mol. The molecule has 1 N–H and O–H groups in total. The van der Waals surface area contributed by atoms with Crippen LogP contribution in [0.25, 0.3) is 0 Å². The van der Waals surface area contributed by atoms with E-state index < -0.39 is 0 Å². The average molecular weight is 349 g/mol. The van der Waals surface area contributed by atoms with Crippen molar-refractivity contribution < 1.29 is 9.47 Å². The molecule has 0 radical (unpaired) electrons. The largest absolute Gasteiger partial charge is 0.486 e. The first kappa shape index (κ1) is 14.2. The standard InChI is InChI=1S/C16H17BrN2O2/c1-10-7-13(9-18-16(10)17)19-11(2)12-3-4-14-15(8-12)21-6-5-20-14/h3-4,7-9,11,19H,5-6H2,1-2H3. The highest BCUT2D eigenvalue weighted by Gasteiger charge is 2.14. The number of hydrogen-bond donors (Lipinski definition) is 1. The third kappa shape index (κ3) is 3.13. The van der Waals surface area contributed by atoms with Gasteiger partial charge in [0.15, 0.2) is 11.5 Å². The summed E-state index contributed by atoms with van der Waals surface area (Å²) in [4.78, 5) is 4.31. The molecule has 0 aliphatic carbocycles. The first-order valence-corrected chi connectivity index (χ1v) is 7.71. The van der Waals surface area contributed by atoms with Gasteiger partial charge in [-0.3, -0.25) is 0 Å². The average Bonchev–Trinajstić information content (AvgIpc) is 2.50. The van der Waals surface area contributed by atoms with E-state index in [-0.39, 0.29) is 6.04 Å². The number of aromatic nitrogens is 1. The fourth-order valence-corrected chi connectivity index (χ4v) is 2.52. The maximum Gasteiger partial charge on any atom is 0.161 e. The number of rotatable bonds is 3. The van der Waals surface area contributed by atoms with E-state index in [4.69, 9.17) is 9.47 Å². The molecule has 0 saturated carbocycles. The number of nitrogens with zero attached hydrogens (tertiary/aromatic N) is 1. The minimum atomic E-state index is 0.156. The minimum Gasteiger partial charge on any atom is -0.486 e. The predicted molar refractivity (Wildman–Crippen MR) is 86.1 cm³/mol. The fraction of sp³-hybridized carbons (Fsp3) is 0.312. The maximum atomic E-state index is 5.63. The SMILES string of the molecule is Cc1cc(NC(C)c2ccc3c(c2)OCCO3)cnc1Br. The van der Waals surface area contributed by atoms with Gasteiger partial charge in [0.05, 0.1) is 11.9 Å². The molecule has 0 bridgehead atoms. The summed E-state index contributed by atoms with van der Waals surface area (Å²) in [5, 5.41) is 3.45. The Morgan fingerprint density at radius 3 is 2.71 bits per heavy atom. The van der Waals surface area contributed by atoms with Crippen LogP contribution in [-0.2, 0) is 0 Å². The molecule has 1 atom stereocenters. The molecule has 21 heavy (non-hydrogen) atoms. The Kier molecular flexibility index (Phi) is 4.01. The van der Waals surface area contributed by atoms with Crippen LogP contribution in [0.3, 0.4) is 0 Å². The number of aryl methyl sites for hydroxylation is 1. The third-order valence-corrected chi connectivity index (χ3v) is 4.29. The van der Waals surface area contributed by atoms with Gasteiger partial charge >= 0.3 is 0 Å². The lowest BCUT2D eigenvalue weighted by Gasteiger charge is -2.21. The zero-order valence-electron chi connectivity index (χ0n) is 12.0. The predicted octanol–water partition coefficient (Wildman–Crippen LogP) is 4.10. The first-order chi connectivity index (χ1) is 10.1. The van der Waals surface area contributed by atoms with E-state index in [9.17, 15) is 0 Å². The Balaban J connectivity index is 1.78. The maximum absolute atomic E-state index is 5.63. The molecule has 1 aromatic carbocycles. The summed E-state index contributed by atoms with van der Waals surface area (Å²) in [7, 11) is 0.